The van der Waals surface area contributed by atoms with E-state index in [4.69, 9.17) is 10.6 Å². The van der Waals surface area contributed by atoms with Crippen molar-refractivity contribution in [2.75, 3.05) is 11.5 Å². The third kappa shape index (κ3) is 5.38. The number of hydrogen-bond donors (Lipinski definition) is 3. The van der Waals surface area contributed by atoms with E-state index in [2.05, 4.69) is 22.0 Å². The van der Waals surface area contributed by atoms with Crippen LogP contribution in [0.3, 0.4) is 0 Å². The van der Waals surface area contributed by atoms with E-state index in [9.17, 15) is 19.5 Å². The van der Waals surface area contributed by atoms with Crippen LogP contribution in [0.1, 0.15) is 22.4 Å². The van der Waals surface area contributed by atoms with Gasteiger partial charge in [-0.2, -0.15) is 0 Å². The van der Waals surface area contributed by atoms with Crippen molar-refractivity contribution in [3.8, 4) is 0 Å². The van der Waals surface area contributed by atoms with Crippen molar-refractivity contribution >= 4 is 51.7 Å². The first-order valence-corrected chi connectivity index (χ1v) is 15.8. The zero-order valence-corrected chi connectivity index (χ0v) is 25.3. The van der Waals surface area contributed by atoms with Gasteiger partial charge >= 0.3 is 5.97 Å². The molecule has 0 aliphatic carbocycles. The van der Waals surface area contributed by atoms with Crippen LogP contribution in [0.5, 0.6) is 0 Å². The standard InChI is InChI=1S/C33H27N5O5S2/c1-2-20-18-44-30-26(29(40)38(30)27(20)31(41)42)36-28(39)25(24-19-45-32(34)35-24)37-43-33(21-12-6-3-7-13-21,22-14-8-4-9-15-22)23-16-10-5-11-17-23/h2-17,19,26,30H,1,18H2,(H2,34,35)(H,36,39)(H,41,42)/b37-25+. The van der Waals surface area contributed by atoms with Crippen LogP contribution >= 0.6 is 23.1 Å². The molecule has 4 aromatic rings. The van der Waals surface area contributed by atoms with Crippen LogP contribution in [-0.2, 0) is 24.8 Å². The SMILES string of the molecule is C=CC1=C(C(=O)O)N2C(=O)C(NC(=O)/C(=N/OC(c3ccccc3)(c3ccccc3)c3ccccc3)c3csc(N)n3)C2SC1. The number of fused-ring (bicyclic) bond motifs is 1. The summed E-state index contributed by atoms with van der Waals surface area (Å²) in [4.78, 5) is 51.1. The van der Waals surface area contributed by atoms with Gasteiger partial charge in [0, 0.05) is 27.8 Å². The average molecular weight is 638 g/mol. The summed E-state index contributed by atoms with van der Waals surface area (Å²) in [7, 11) is 0. The van der Waals surface area contributed by atoms with Crippen molar-refractivity contribution in [1.29, 1.82) is 0 Å². The molecule has 2 atom stereocenters. The molecular formula is C33H27N5O5S2. The van der Waals surface area contributed by atoms with Crippen LogP contribution in [0.25, 0.3) is 0 Å². The predicted molar refractivity (Wildman–Crippen MR) is 173 cm³/mol. The molecule has 1 saturated heterocycles. The third-order valence-corrected chi connectivity index (χ3v) is 9.50. The fourth-order valence-corrected chi connectivity index (χ4v) is 7.29. The number of nitrogens with one attached hydrogen (secondary N) is 1. The molecule has 0 saturated carbocycles. The Hall–Kier alpha value is -5.20. The number of β-lactam (4-membered cyclic amide) rings is 1. The number of carboxylic acid groups (broad SMARTS) is 1. The van der Waals surface area contributed by atoms with Gasteiger partial charge in [0.25, 0.3) is 11.8 Å². The highest BCUT2D eigenvalue weighted by atomic mass is 32.2. The van der Waals surface area contributed by atoms with Gasteiger partial charge in [-0.25, -0.2) is 9.78 Å². The zero-order chi connectivity index (χ0) is 31.6. The normalized spacial score (nSPS) is 18.1. The van der Waals surface area contributed by atoms with E-state index in [1.54, 1.807) is 5.38 Å². The summed E-state index contributed by atoms with van der Waals surface area (Å²) in [6.45, 7) is 3.67. The first-order valence-electron chi connectivity index (χ1n) is 13.8. The summed E-state index contributed by atoms with van der Waals surface area (Å²) in [5.74, 6) is -2.19. The molecule has 12 heteroatoms. The van der Waals surface area contributed by atoms with Gasteiger partial charge in [-0.15, -0.1) is 23.1 Å². The molecule has 1 fully saturated rings. The van der Waals surface area contributed by atoms with Gasteiger partial charge in [0.2, 0.25) is 5.60 Å². The lowest BCUT2D eigenvalue weighted by Gasteiger charge is -2.49. The number of oxime groups is 1. The summed E-state index contributed by atoms with van der Waals surface area (Å²) < 4.78 is 0. The first-order chi connectivity index (χ1) is 21.8. The number of benzene rings is 3. The molecule has 2 unspecified atom stereocenters. The number of nitrogens with zero attached hydrogens (tertiary/aromatic N) is 3. The Bertz CT molecular complexity index is 1730. The highest BCUT2D eigenvalue weighted by Gasteiger charge is 2.54. The highest BCUT2D eigenvalue weighted by Crippen LogP contribution is 2.42. The molecule has 2 amide bonds. The minimum atomic E-state index is -1.28. The van der Waals surface area contributed by atoms with E-state index in [-0.39, 0.29) is 22.2 Å². The summed E-state index contributed by atoms with van der Waals surface area (Å²) >= 11 is 2.46. The first kappa shape index (κ1) is 29.9. The number of aromatic nitrogens is 1. The molecule has 1 aromatic heterocycles. The molecule has 0 bridgehead atoms. The van der Waals surface area contributed by atoms with Crippen LogP contribution in [0.15, 0.2) is 125 Å². The Kier molecular flexibility index (Phi) is 8.24. The fourth-order valence-electron chi connectivity index (χ4n) is 5.40. The number of carbonyl (C=O) groups excluding carboxylic acids is 2. The van der Waals surface area contributed by atoms with E-state index in [0.29, 0.717) is 11.3 Å². The molecule has 2 aliphatic heterocycles. The smallest absolute Gasteiger partial charge is 0.352 e. The Balaban J connectivity index is 1.40. The van der Waals surface area contributed by atoms with Crippen LogP contribution in [0, 0.1) is 0 Å². The molecule has 0 spiro atoms. The van der Waals surface area contributed by atoms with Crippen LogP contribution < -0.4 is 11.1 Å². The molecule has 0 radical (unpaired) electrons. The quantitative estimate of drug-likeness (QED) is 0.101. The number of rotatable bonds is 10. The van der Waals surface area contributed by atoms with Gasteiger partial charge in [-0.3, -0.25) is 14.5 Å². The number of anilines is 1. The average Bonchev–Trinajstić information content (AvgIpc) is 3.51. The number of nitrogen functional groups attached to an aromatic ring is 1. The highest BCUT2D eigenvalue weighted by molar-refractivity contribution is 8.00. The molecule has 4 N–H and O–H groups in total. The Morgan fingerprint density at radius 1 is 1.02 bits per heavy atom. The maximum Gasteiger partial charge on any atom is 0.352 e. The van der Waals surface area contributed by atoms with E-state index in [1.807, 2.05) is 91.0 Å². The number of carbonyl (C=O) groups is 3. The monoisotopic (exact) mass is 637 g/mol. The van der Waals surface area contributed by atoms with E-state index < -0.39 is 34.8 Å². The molecule has 226 valence electrons. The number of carboxylic acids is 1. The van der Waals surface area contributed by atoms with Crippen molar-refractivity contribution in [3.63, 3.8) is 0 Å². The number of aliphatic carboxylic acids is 1. The largest absolute Gasteiger partial charge is 0.477 e. The van der Waals surface area contributed by atoms with Crippen LogP contribution in [0.2, 0.25) is 0 Å². The van der Waals surface area contributed by atoms with Crippen molar-refractivity contribution in [2.24, 2.45) is 5.16 Å². The Morgan fingerprint density at radius 3 is 2.04 bits per heavy atom. The van der Waals surface area contributed by atoms with Gasteiger partial charge in [0.05, 0.1) is 0 Å². The summed E-state index contributed by atoms with van der Waals surface area (Å²) in [5, 5.41) is 18.2. The molecule has 45 heavy (non-hydrogen) atoms. The minimum absolute atomic E-state index is 0.132. The molecule has 3 heterocycles. The van der Waals surface area contributed by atoms with Gasteiger partial charge in [-0.05, 0) is 5.57 Å². The van der Waals surface area contributed by atoms with Crippen LogP contribution in [0.4, 0.5) is 5.13 Å². The molecule has 3 aromatic carbocycles. The second-order valence-electron chi connectivity index (χ2n) is 10.1. The Labute approximate surface area is 266 Å². The topological polar surface area (TPSA) is 147 Å². The maximum atomic E-state index is 13.9. The Morgan fingerprint density at radius 2 is 1.58 bits per heavy atom. The molecule has 10 nitrogen and oxygen atoms in total. The lowest BCUT2D eigenvalue weighted by atomic mass is 9.80. The van der Waals surface area contributed by atoms with E-state index >= 15 is 0 Å². The number of thiazole rings is 1. The molecule has 6 rings (SSSR count). The fraction of sp³-hybridized carbons (Fsp3) is 0.121. The van der Waals surface area contributed by atoms with E-state index in [1.165, 1.54) is 22.7 Å². The lowest BCUT2D eigenvalue weighted by Crippen LogP contribution is -2.71. The van der Waals surface area contributed by atoms with Crippen molar-refractivity contribution in [1.82, 2.24) is 15.2 Å². The van der Waals surface area contributed by atoms with Gasteiger partial charge in [0.15, 0.2) is 10.8 Å². The lowest BCUT2D eigenvalue weighted by molar-refractivity contribution is -0.150. The minimum Gasteiger partial charge on any atom is -0.477 e. The van der Waals surface area contributed by atoms with Gasteiger partial charge in [0.1, 0.15) is 22.8 Å². The van der Waals surface area contributed by atoms with Gasteiger partial charge in [-0.1, -0.05) is 109 Å². The summed E-state index contributed by atoms with van der Waals surface area (Å²) in [6.07, 6.45) is 1.43. The van der Waals surface area contributed by atoms with E-state index in [0.717, 1.165) is 28.0 Å². The number of nitrogens with two attached hydrogens (primary N) is 1. The maximum absolute atomic E-state index is 13.9. The number of hydrogen-bond acceptors (Lipinski definition) is 9. The molecular weight excluding hydrogens is 611 g/mol. The number of amides is 2. The second kappa shape index (κ2) is 12.4. The van der Waals surface area contributed by atoms with Gasteiger partial charge < -0.3 is 21.0 Å². The third-order valence-electron chi connectivity index (χ3n) is 7.53. The zero-order valence-electron chi connectivity index (χ0n) is 23.7. The summed E-state index contributed by atoms with van der Waals surface area (Å²) in [5.41, 5.74) is 7.23. The van der Waals surface area contributed by atoms with Crippen molar-refractivity contribution in [3.05, 3.63) is 143 Å². The number of thioether (sulfide) groups is 1. The summed E-state index contributed by atoms with van der Waals surface area (Å²) in [6, 6.07) is 27.6. The number of allylic oxidation sites excluding steroid dienone is 1. The molecule has 2 aliphatic rings. The van der Waals surface area contributed by atoms with Crippen molar-refractivity contribution in [2.45, 2.75) is 17.0 Å². The van der Waals surface area contributed by atoms with Crippen molar-refractivity contribution < 1.29 is 24.3 Å². The predicted octanol–water partition coefficient (Wildman–Crippen LogP) is 4.36. The second-order valence-corrected chi connectivity index (χ2v) is 12.1. The van der Waals surface area contributed by atoms with Crippen LogP contribution in [-0.4, -0.2) is 55.7 Å².